The van der Waals surface area contributed by atoms with Crippen molar-refractivity contribution in [1.29, 1.82) is 0 Å². The Morgan fingerprint density at radius 2 is 2.21 bits per heavy atom. The highest BCUT2D eigenvalue weighted by Crippen LogP contribution is 2.43. The van der Waals surface area contributed by atoms with Crippen molar-refractivity contribution in [3.05, 3.63) is 44.6 Å². The summed E-state index contributed by atoms with van der Waals surface area (Å²) in [5.41, 5.74) is 1.17. The van der Waals surface area contributed by atoms with Gasteiger partial charge in [-0.1, -0.05) is 0 Å². The van der Waals surface area contributed by atoms with Crippen LogP contribution in [0, 0.1) is 0 Å². The van der Waals surface area contributed by atoms with Gasteiger partial charge in [-0.15, -0.1) is 0 Å². The SMILES string of the molecule is CNN=CCOC1=C([C@H](C)OP(=O)(O)O)O[C@@H](n2ccc(=O)[nH]c2=O)C1OC. The number of rotatable bonds is 9. The van der Waals surface area contributed by atoms with Crippen LogP contribution in [0.15, 0.2) is 38.5 Å². The summed E-state index contributed by atoms with van der Waals surface area (Å²) >= 11 is 0. The van der Waals surface area contributed by atoms with E-state index in [0.717, 1.165) is 10.6 Å². The van der Waals surface area contributed by atoms with Crippen molar-refractivity contribution in [2.75, 3.05) is 20.8 Å². The monoisotopic (exact) mass is 420 g/mol. The zero-order chi connectivity index (χ0) is 20.9. The average Bonchev–Trinajstić information content (AvgIpc) is 2.95. The van der Waals surface area contributed by atoms with Crippen LogP contribution in [0.25, 0.3) is 0 Å². The molecule has 1 aromatic rings. The summed E-state index contributed by atoms with van der Waals surface area (Å²) in [7, 11) is -1.91. The van der Waals surface area contributed by atoms with E-state index in [1.807, 2.05) is 0 Å². The van der Waals surface area contributed by atoms with E-state index in [2.05, 4.69) is 20.0 Å². The summed E-state index contributed by atoms with van der Waals surface area (Å²) < 4.78 is 33.6. The van der Waals surface area contributed by atoms with Crippen LogP contribution >= 0.6 is 7.82 Å². The first-order valence-corrected chi connectivity index (χ1v) is 9.51. The van der Waals surface area contributed by atoms with Crippen molar-refractivity contribution in [2.45, 2.75) is 25.4 Å². The highest BCUT2D eigenvalue weighted by molar-refractivity contribution is 7.46. The van der Waals surface area contributed by atoms with Crippen molar-refractivity contribution in [2.24, 2.45) is 5.10 Å². The maximum absolute atomic E-state index is 12.1. The normalized spacial score (nSPS) is 21.0. The van der Waals surface area contributed by atoms with Crippen molar-refractivity contribution < 1.29 is 33.1 Å². The highest BCUT2D eigenvalue weighted by atomic mass is 31.2. The Morgan fingerprint density at radius 3 is 2.79 bits per heavy atom. The van der Waals surface area contributed by atoms with Crippen LogP contribution in [-0.2, 0) is 23.3 Å². The largest absolute Gasteiger partial charge is 0.486 e. The van der Waals surface area contributed by atoms with Gasteiger partial charge in [0.25, 0.3) is 5.56 Å². The molecule has 14 heteroatoms. The number of phosphoric acid groups is 1. The fourth-order valence-corrected chi connectivity index (χ4v) is 3.04. The number of aromatic amines is 1. The summed E-state index contributed by atoms with van der Waals surface area (Å²) in [5, 5.41) is 3.76. The van der Waals surface area contributed by atoms with Crippen LogP contribution in [-0.4, -0.2) is 58.5 Å². The fraction of sp³-hybridized carbons (Fsp3) is 0.500. The zero-order valence-electron chi connectivity index (χ0n) is 15.3. The van der Waals surface area contributed by atoms with Crippen molar-refractivity contribution >= 4 is 14.0 Å². The van der Waals surface area contributed by atoms with Crippen LogP contribution in [0.1, 0.15) is 13.2 Å². The number of nitrogens with one attached hydrogen (secondary N) is 2. The van der Waals surface area contributed by atoms with E-state index < -0.39 is 37.5 Å². The molecule has 0 amide bonds. The average molecular weight is 420 g/mol. The first-order valence-electron chi connectivity index (χ1n) is 7.98. The van der Waals surface area contributed by atoms with Gasteiger partial charge in [0, 0.05) is 26.4 Å². The van der Waals surface area contributed by atoms with Gasteiger partial charge < -0.3 is 29.4 Å². The molecule has 2 heterocycles. The van der Waals surface area contributed by atoms with Gasteiger partial charge in [0.05, 0.1) is 6.21 Å². The van der Waals surface area contributed by atoms with Gasteiger partial charge in [-0.3, -0.25) is 18.9 Å². The maximum Gasteiger partial charge on any atom is 0.470 e. The number of nitrogens with zero attached hydrogens (tertiary/aromatic N) is 2. The summed E-state index contributed by atoms with van der Waals surface area (Å²) in [5.74, 6) is -0.00904. The van der Waals surface area contributed by atoms with Crippen LogP contribution in [0.4, 0.5) is 0 Å². The smallest absolute Gasteiger partial charge is 0.470 e. The Balaban J connectivity index is 2.41. The van der Waals surface area contributed by atoms with E-state index in [-0.39, 0.29) is 18.1 Å². The van der Waals surface area contributed by atoms with E-state index in [9.17, 15) is 14.2 Å². The van der Waals surface area contributed by atoms with E-state index in [1.165, 1.54) is 26.4 Å². The second kappa shape index (κ2) is 9.17. The molecule has 1 aliphatic heterocycles. The molecule has 0 fully saturated rings. The summed E-state index contributed by atoms with van der Waals surface area (Å²) in [4.78, 5) is 43.7. The first kappa shape index (κ1) is 21.9. The third kappa shape index (κ3) is 5.30. The van der Waals surface area contributed by atoms with Gasteiger partial charge in [-0.2, -0.15) is 5.10 Å². The van der Waals surface area contributed by atoms with Gasteiger partial charge in [0.15, 0.2) is 17.6 Å². The molecular formula is C14H21N4O9P. The van der Waals surface area contributed by atoms with Crippen LogP contribution in [0.2, 0.25) is 0 Å². The minimum absolute atomic E-state index is 0.0290. The molecule has 0 aromatic carbocycles. The van der Waals surface area contributed by atoms with Crippen LogP contribution < -0.4 is 16.7 Å². The second-order valence-corrected chi connectivity index (χ2v) is 6.69. The van der Waals surface area contributed by atoms with Gasteiger partial charge in [-0.05, 0) is 6.92 Å². The molecule has 0 saturated carbocycles. The molecule has 1 unspecified atom stereocenters. The molecule has 4 N–H and O–H groups in total. The van der Waals surface area contributed by atoms with Crippen molar-refractivity contribution in [3.63, 3.8) is 0 Å². The summed E-state index contributed by atoms with van der Waals surface area (Å²) in [6.45, 7) is 1.31. The molecule has 0 radical (unpaired) electrons. The Morgan fingerprint density at radius 1 is 1.50 bits per heavy atom. The van der Waals surface area contributed by atoms with E-state index >= 15 is 0 Å². The molecule has 0 bridgehead atoms. The molecule has 1 aliphatic rings. The molecule has 0 spiro atoms. The van der Waals surface area contributed by atoms with Gasteiger partial charge in [0.1, 0.15) is 12.7 Å². The predicted molar refractivity (Wildman–Crippen MR) is 95.4 cm³/mol. The minimum Gasteiger partial charge on any atom is -0.486 e. The minimum atomic E-state index is -4.84. The number of hydrogen-bond donors (Lipinski definition) is 4. The third-order valence-corrected chi connectivity index (χ3v) is 4.18. The number of phosphoric ester groups is 1. The lowest BCUT2D eigenvalue weighted by Crippen LogP contribution is -2.36. The zero-order valence-corrected chi connectivity index (χ0v) is 16.2. The van der Waals surface area contributed by atoms with E-state index in [0.29, 0.717) is 0 Å². The highest BCUT2D eigenvalue weighted by Gasteiger charge is 2.43. The molecular weight excluding hydrogens is 399 g/mol. The van der Waals surface area contributed by atoms with Gasteiger partial charge >= 0.3 is 13.5 Å². The van der Waals surface area contributed by atoms with Gasteiger partial charge in [-0.25, -0.2) is 9.36 Å². The molecule has 0 saturated heterocycles. The quantitative estimate of drug-likeness (QED) is 0.221. The Hall–Kier alpha value is -2.44. The predicted octanol–water partition coefficient (Wildman–Crippen LogP) is -0.988. The van der Waals surface area contributed by atoms with Crippen LogP contribution in [0.3, 0.4) is 0 Å². The number of aromatic nitrogens is 2. The third-order valence-electron chi connectivity index (χ3n) is 3.59. The lowest BCUT2D eigenvalue weighted by atomic mass is 10.2. The lowest BCUT2D eigenvalue weighted by molar-refractivity contribution is -0.0446. The Bertz CT molecular complexity index is 903. The molecule has 3 atom stereocenters. The van der Waals surface area contributed by atoms with Crippen molar-refractivity contribution in [1.82, 2.24) is 15.0 Å². The number of H-pyrrole nitrogens is 1. The van der Waals surface area contributed by atoms with Crippen LogP contribution in [0.5, 0.6) is 0 Å². The van der Waals surface area contributed by atoms with Gasteiger partial charge in [0.2, 0.25) is 6.23 Å². The molecule has 156 valence electrons. The number of ether oxygens (including phenoxy) is 3. The molecule has 1 aromatic heterocycles. The maximum atomic E-state index is 12.1. The topological polar surface area (TPSA) is 174 Å². The lowest BCUT2D eigenvalue weighted by Gasteiger charge is -2.21. The van der Waals surface area contributed by atoms with Crippen molar-refractivity contribution in [3.8, 4) is 0 Å². The molecule has 2 rings (SSSR count). The Labute approximate surface area is 158 Å². The standard InChI is InChI=1S/C14H21N4O9P/c1-8(27-28(21,22)23)10-11(25-7-5-16-15-2)12(24-3)13(26-10)18-6-4-9(19)17-14(18)20/h4-6,8,12-13,15H,7H2,1-3H3,(H,17,19,20)(H2,21,22,23)/t8-,12?,13+/m0/s1. The number of hydrazone groups is 1. The summed E-state index contributed by atoms with van der Waals surface area (Å²) in [6, 6.07) is 1.12. The number of methoxy groups -OCH3 is 1. The fourth-order valence-electron chi connectivity index (χ4n) is 2.53. The van der Waals surface area contributed by atoms with E-state index in [1.54, 1.807) is 7.05 Å². The molecule has 0 aliphatic carbocycles. The van der Waals surface area contributed by atoms with E-state index in [4.69, 9.17) is 24.0 Å². The summed E-state index contributed by atoms with van der Waals surface area (Å²) in [6.07, 6.45) is -0.702. The molecule has 28 heavy (non-hydrogen) atoms. The number of hydrogen-bond acceptors (Lipinski definition) is 9. The first-order chi connectivity index (χ1) is 13.2. The Kier molecular flexibility index (Phi) is 7.16. The molecule has 13 nitrogen and oxygen atoms in total. The second-order valence-electron chi connectivity index (χ2n) is 5.50.